The summed E-state index contributed by atoms with van der Waals surface area (Å²) in [6.07, 6.45) is 7.94. The molecular weight excluding hydrogens is 953 g/mol. The van der Waals surface area contributed by atoms with E-state index >= 15 is 0 Å². The van der Waals surface area contributed by atoms with E-state index in [1.165, 1.54) is 48.5 Å². The van der Waals surface area contributed by atoms with Gasteiger partial charge in [-0.2, -0.15) is 0 Å². The van der Waals surface area contributed by atoms with E-state index in [1.807, 2.05) is 19.9 Å². The summed E-state index contributed by atoms with van der Waals surface area (Å²) in [6, 6.07) is 22.1. The number of rotatable bonds is 25. The molecule has 3 heterocycles. The number of methoxy groups -OCH3 is 2. The molecule has 390 valence electrons. The van der Waals surface area contributed by atoms with Crippen molar-refractivity contribution >= 4 is 44.3 Å². The maximum atomic E-state index is 14.6. The lowest BCUT2D eigenvalue weighted by atomic mass is 9.72. The van der Waals surface area contributed by atoms with Gasteiger partial charge in [-0.15, -0.1) is 14.8 Å². The van der Waals surface area contributed by atoms with E-state index in [9.17, 15) is 18.0 Å². The predicted molar refractivity (Wildman–Crippen MR) is 279 cm³/mol. The number of para-hydroxylation sites is 1. The fourth-order valence-electron chi connectivity index (χ4n) is 8.75. The Morgan fingerprint density at radius 1 is 0.822 bits per heavy atom. The summed E-state index contributed by atoms with van der Waals surface area (Å²) in [7, 11) is -1.21. The molecule has 0 amide bonds. The number of aromatic amines is 1. The van der Waals surface area contributed by atoms with Crippen molar-refractivity contribution in [3.05, 3.63) is 90.0 Å². The van der Waals surface area contributed by atoms with Gasteiger partial charge in [-0.3, -0.25) is 9.82 Å². The average Bonchev–Trinajstić information content (AvgIpc) is 4.05. The highest BCUT2D eigenvalue weighted by atomic mass is 32.2. The molecule has 7 aromatic rings. The van der Waals surface area contributed by atoms with Crippen molar-refractivity contribution in [1.82, 2.24) is 34.8 Å². The number of ether oxygens (including phenoxy) is 6. The Morgan fingerprint density at radius 3 is 2.26 bits per heavy atom. The van der Waals surface area contributed by atoms with Crippen LogP contribution in [-0.2, 0) is 29.7 Å². The Labute approximate surface area is 427 Å². The summed E-state index contributed by atoms with van der Waals surface area (Å²) in [5, 5.41) is 16.8. The van der Waals surface area contributed by atoms with Gasteiger partial charge >= 0.3 is 11.9 Å². The summed E-state index contributed by atoms with van der Waals surface area (Å²) < 4.78 is 69.2. The number of nitrogens with one attached hydrogen (secondary N) is 2. The number of unbranched alkanes of at least 4 members (excludes halogenated alkanes) is 5. The second-order valence-electron chi connectivity index (χ2n) is 20.3. The predicted octanol–water partition coefficient (Wildman–Crippen LogP) is 11.3. The van der Waals surface area contributed by atoms with E-state index in [4.69, 9.17) is 38.5 Å². The van der Waals surface area contributed by atoms with E-state index in [0.717, 1.165) is 37.7 Å². The zero-order valence-corrected chi connectivity index (χ0v) is 44.4. The minimum atomic E-state index is -4.20. The van der Waals surface area contributed by atoms with Gasteiger partial charge in [-0.1, -0.05) is 117 Å². The minimum absolute atomic E-state index is 0.000887. The molecule has 0 fully saturated rings. The fourth-order valence-corrected chi connectivity index (χ4v) is 9.97. The van der Waals surface area contributed by atoms with Gasteiger partial charge in [0.25, 0.3) is 15.9 Å². The van der Waals surface area contributed by atoms with Gasteiger partial charge in [0.05, 0.1) is 38.5 Å². The van der Waals surface area contributed by atoms with Crippen molar-refractivity contribution in [2.24, 2.45) is 11.3 Å². The molecule has 0 spiro atoms. The zero-order valence-electron chi connectivity index (χ0n) is 43.5. The number of hydrogen-bond acceptors (Lipinski definition) is 14. The standard InChI is InChI=1S/C54H68N8O10S/c1-11-12-13-14-15-16-28-69-42-26-24-38(54(7,8)34-53(4,5)6)32-45(42)73(65,66)59-39-20-17-19-36(30-39)49-55-50-47(51(58-62(50)57-49)72-48-43(67-9)21-18-22-44(48)68-10)61-41-31-37(23-25-40(41)56-60-61)52(64)71-33-46(63)70-29-27-35(2)3/h17-26,30-32,35,59H,11-16,27-29,33-34H2,1-10H3,(H,55,57). The van der Waals surface area contributed by atoms with Crippen LogP contribution in [-0.4, -0.2) is 89.2 Å². The van der Waals surface area contributed by atoms with Gasteiger partial charge in [0.15, 0.2) is 29.6 Å². The molecule has 2 N–H and O–H groups in total. The molecule has 0 unspecified atom stereocenters. The molecule has 0 aliphatic rings. The third kappa shape index (κ3) is 13.3. The number of fused-ring (bicyclic) bond motifs is 2. The van der Waals surface area contributed by atoms with Crippen molar-refractivity contribution in [2.75, 3.05) is 38.8 Å². The molecule has 0 saturated carbocycles. The number of esters is 2. The average molecular weight is 1020 g/mol. The second kappa shape index (κ2) is 23.2. The molecule has 0 bridgehead atoms. The maximum Gasteiger partial charge on any atom is 0.344 e. The summed E-state index contributed by atoms with van der Waals surface area (Å²) in [4.78, 5) is 30.6. The molecule has 7 rings (SSSR count). The first kappa shape index (κ1) is 53.6. The first-order chi connectivity index (χ1) is 34.8. The third-order valence-corrected chi connectivity index (χ3v) is 13.5. The van der Waals surface area contributed by atoms with Crippen LogP contribution in [0.4, 0.5) is 5.69 Å². The van der Waals surface area contributed by atoms with Crippen LogP contribution < -0.4 is 23.7 Å². The molecule has 4 aromatic carbocycles. The number of nitrogens with zero attached hydrogens (tertiary/aromatic N) is 6. The van der Waals surface area contributed by atoms with Gasteiger partial charge in [0.2, 0.25) is 11.4 Å². The van der Waals surface area contributed by atoms with E-state index in [2.05, 4.69) is 61.7 Å². The third-order valence-electron chi connectivity index (χ3n) is 12.1. The van der Waals surface area contributed by atoms with Crippen LogP contribution in [0, 0.1) is 11.3 Å². The lowest BCUT2D eigenvalue weighted by molar-refractivity contribution is -0.147. The molecule has 0 atom stereocenters. The van der Waals surface area contributed by atoms with Gasteiger partial charge in [-0.05, 0) is 96.2 Å². The summed E-state index contributed by atoms with van der Waals surface area (Å²) in [5.74, 6) is 0.432. The van der Waals surface area contributed by atoms with Gasteiger partial charge < -0.3 is 28.4 Å². The normalized spacial score (nSPS) is 12.1. The number of carbonyl (C=O) groups excluding carboxylic acids is 2. The molecule has 19 heteroatoms. The van der Waals surface area contributed by atoms with Crippen molar-refractivity contribution in [3.63, 3.8) is 0 Å². The SMILES string of the molecule is CCCCCCCCOc1ccc(C(C)(C)CC(C)(C)C)cc1S(=O)(=O)Nc1cccc(-c2nc3c(-n4nnc5ccc(C(=O)OCC(=O)OCCC(C)C)cc54)c(Oc4c(OC)cccc4OC)nn3[nH]2)c1. The van der Waals surface area contributed by atoms with E-state index in [-0.39, 0.29) is 62.3 Å². The Kier molecular flexibility index (Phi) is 17.0. The Morgan fingerprint density at radius 2 is 1.55 bits per heavy atom. The lowest BCUT2D eigenvalue weighted by Gasteiger charge is -2.33. The Bertz CT molecular complexity index is 3130. The lowest BCUT2D eigenvalue weighted by Crippen LogP contribution is -2.25. The Balaban J connectivity index is 1.23. The summed E-state index contributed by atoms with van der Waals surface area (Å²) in [5.41, 5.74) is 2.63. The first-order valence-electron chi connectivity index (χ1n) is 24.8. The summed E-state index contributed by atoms with van der Waals surface area (Å²) >= 11 is 0. The highest BCUT2D eigenvalue weighted by Gasteiger charge is 2.31. The van der Waals surface area contributed by atoms with Crippen molar-refractivity contribution < 1.29 is 46.4 Å². The van der Waals surface area contributed by atoms with Crippen LogP contribution in [0.15, 0.2) is 83.8 Å². The van der Waals surface area contributed by atoms with E-state index in [1.54, 1.807) is 60.7 Å². The number of benzene rings is 4. The molecule has 0 aliphatic carbocycles. The van der Waals surface area contributed by atoms with Gasteiger partial charge in [0, 0.05) is 11.3 Å². The number of anilines is 1. The second-order valence-corrected chi connectivity index (χ2v) is 22.0. The number of carbonyl (C=O) groups is 2. The number of sulfonamides is 1. The molecule has 0 radical (unpaired) electrons. The maximum absolute atomic E-state index is 14.6. The van der Waals surface area contributed by atoms with Crippen LogP contribution in [0.5, 0.6) is 28.9 Å². The summed E-state index contributed by atoms with van der Waals surface area (Å²) in [6.45, 7) is 17.0. The molecular formula is C54H68N8O10S. The molecule has 18 nitrogen and oxygen atoms in total. The Hall–Kier alpha value is -7.15. The molecule has 0 aliphatic heterocycles. The van der Waals surface area contributed by atoms with Crippen LogP contribution >= 0.6 is 0 Å². The largest absolute Gasteiger partial charge is 0.493 e. The van der Waals surface area contributed by atoms with Crippen LogP contribution in [0.25, 0.3) is 33.8 Å². The quantitative estimate of drug-likeness (QED) is 0.0403. The van der Waals surface area contributed by atoms with Crippen LogP contribution in [0.1, 0.15) is 123 Å². The minimum Gasteiger partial charge on any atom is -0.493 e. The zero-order chi connectivity index (χ0) is 52.5. The van der Waals surface area contributed by atoms with Crippen LogP contribution in [0.2, 0.25) is 0 Å². The van der Waals surface area contributed by atoms with Gasteiger partial charge in [0.1, 0.15) is 16.2 Å². The van der Waals surface area contributed by atoms with Crippen molar-refractivity contribution in [1.29, 1.82) is 0 Å². The van der Waals surface area contributed by atoms with Crippen LogP contribution in [0.3, 0.4) is 0 Å². The number of hydrogen-bond donors (Lipinski definition) is 2. The van der Waals surface area contributed by atoms with E-state index in [0.29, 0.717) is 52.9 Å². The first-order valence-corrected chi connectivity index (χ1v) is 26.3. The van der Waals surface area contributed by atoms with Crippen molar-refractivity contribution in [2.45, 2.75) is 117 Å². The van der Waals surface area contributed by atoms with Crippen molar-refractivity contribution in [3.8, 4) is 46.0 Å². The number of H-pyrrole nitrogens is 1. The van der Waals surface area contributed by atoms with Gasteiger partial charge in [-0.25, -0.2) is 27.7 Å². The monoisotopic (exact) mass is 1020 g/mol. The number of aromatic nitrogens is 7. The molecule has 73 heavy (non-hydrogen) atoms. The molecule has 0 saturated heterocycles. The van der Waals surface area contributed by atoms with E-state index < -0.39 is 28.6 Å². The smallest absolute Gasteiger partial charge is 0.344 e. The molecule has 3 aromatic heterocycles. The highest BCUT2D eigenvalue weighted by Crippen LogP contribution is 2.43. The topological polar surface area (TPSA) is 212 Å². The fraction of sp³-hybridized carbons (Fsp3) is 0.444. The highest BCUT2D eigenvalue weighted by molar-refractivity contribution is 7.92.